The maximum absolute atomic E-state index is 12.0. The molecular weight excluding hydrogens is 436 g/mol. The molecule has 0 amide bonds. The first-order valence-electron chi connectivity index (χ1n) is 7.56. The van der Waals surface area contributed by atoms with Crippen LogP contribution in [-0.2, 0) is 10.2 Å². The van der Waals surface area contributed by atoms with Crippen molar-refractivity contribution in [3.05, 3.63) is 56.5 Å². The Hall–Kier alpha value is -1.33. The SMILES string of the molecule is Cc1cc(C(C)(C)C)ccc1OC(=O)COc1ccc(Br)cc1Br. The van der Waals surface area contributed by atoms with Crippen LogP contribution in [0.4, 0.5) is 0 Å². The van der Waals surface area contributed by atoms with Gasteiger partial charge >= 0.3 is 5.97 Å². The molecule has 0 fully saturated rings. The minimum Gasteiger partial charge on any atom is -0.481 e. The Balaban J connectivity index is 2.00. The first-order valence-corrected chi connectivity index (χ1v) is 9.15. The first kappa shape index (κ1) is 19.0. The summed E-state index contributed by atoms with van der Waals surface area (Å²) in [5, 5.41) is 0. The lowest BCUT2D eigenvalue weighted by atomic mass is 9.86. The Morgan fingerprint density at radius 3 is 2.29 bits per heavy atom. The number of esters is 1. The highest BCUT2D eigenvalue weighted by Gasteiger charge is 2.16. The van der Waals surface area contributed by atoms with Crippen LogP contribution in [0.25, 0.3) is 0 Å². The van der Waals surface area contributed by atoms with E-state index in [9.17, 15) is 4.79 Å². The zero-order valence-electron chi connectivity index (χ0n) is 14.2. The Morgan fingerprint density at radius 1 is 1.04 bits per heavy atom. The van der Waals surface area contributed by atoms with E-state index < -0.39 is 5.97 Å². The van der Waals surface area contributed by atoms with Gasteiger partial charge in [0.05, 0.1) is 4.47 Å². The van der Waals surface area contributed by atoms with Crippen LogP contribution in [0.1, 0.15) is 31.9 Å². The lowest BCUT2D eigenvalue weighted by Crippen LogP contribution is -2.18. The van der Waals surface area contributed by atoms with Crippen LogP contribution in [0.2, 0.25) is 0 Å². The molecule has 0 radical (unpaired) electrons. The lowest BCUT2D eigenvalue weighted by molar-refractivity contribution is -0.136. The van der Waals surface area contributed by atoms with Crippen LogP contribution in [0, 0.1) is 6.92 Å². The number of hydrogen-bond acceptors (Lipinski definition) is 3. The van der Waals surface area contributed by atoms with E-state index in [4.69, 9.17) is 9.47 Å². The molecule has 128 valence electrons. The van der Waals surface area contributed by atoms with E-state index in [1.165, 1.54) is 5.56 Å². The zero-order valence-corrected chi connectivity index (χ0v) is 17.3. The molecule has 2 rings (SSSR count). The van der Waals surface area contributed by atoms with Gasteiger partial charge in [-0.05, 0) is 63.7 Å². The molecule has 0 spiro atoms. The van der Waals surface area contributed by atoms with Gasteiger partial charge in [-0.2, -0.15) is 0 Å². The monoisotopic (exact) mass is 454 g/mol. The minimum absolute atomic E-state index is 0.0598. The summed E-state index contributed by atoms with van der Waals surface area (Å²) in [6.07, 6.45) is 0. The van der Waals surface area contributed by atoms with Crippen molar-refractivity contribution in [1.29, 1.82) is 0 Å². The number of ether oxygens (including phenoxy) is 2. The molecule has 2 aromatic carbocycles. The van der Waals surface area contributed by atoms with Crippen molar-refractivity contribution in [3.63, 3.8) is 0 Å². The molecule has 0 saturated carbocycles. The van der Waals surface area contributed by atoms with Gasteiger partial charge in [-0.1, -0.05) is 48.8 Å². The number of aryl methyl sites for hydroxylation is 1. The van der Waals surface area contributed by atoms with Gasteiger partial charge in [-0.3, -0.25) is 0 Å². The molecule has 5 heteroatoms. The molecule has 0 aliphatic rings. The van der Waals surface area contributed by atoms with E-state index in [-0.39, 0.29) is 12.0 Å². The molecule has 3 nitrogen and oxygen atoms in total. The highest BCUT2D eigenvalue weighted by molar-refractivity contribution is 9.11. The Kier molecular flexibility index (Phi) is 6.10. The summed E-state index contributed by atoms with van der Waals surface area (Å²) in [7, 11) is 0. The van der Waals surface area contributed by atoms with Crippen molar-refractivity contribution in [2.45, 2.75) is 33.1 Å². The van der Waals surface area contributed by atoms with Crippen molar-refractivity contribution < 1.29 is 14.3 Å². The minimum atomic E-state index is -0.434. The first-order chi connectivity index (χ1) is 11.2. The van der Waals surface area contributed by atoms with Crippen LogP contribution in [-0.4, -0.2) is 12.6 Å². The van der Waals surface area contributed by atoms with Gasteiger partial charge in [0.25, 0.3) is 0 Å². The molecule has 24 heavy (non-hydrogen) atoms. The standard InChI is InChI=1S/C19H20Br2O3/c1-12-9-13(19(2,3)4)5-7-16(12)24-18(22)11-23-17-8-6-14(20)10-15(17)21/h5-10H,11H2,1-4H3. The topological polar surface area (TPSA) is 35.5 Å². The number of carbonyl (C=O) groups excluding carboxylic acids is 1. The second-order valence-electron chi connectivity index (χ2n) is 6.57. The second kappa shape index (κ2) is 7.70. The van der Waals surface area contributed by atoms with E-state index in [0.29, 0.717) is 11.5 Å². The summed E-state index contributed by atoms with van der Waals surface area (Å²) in [4.78, 5) is 12.0. The van der Waals surface area contributed by atoms with Crippen LogP contribution >= 0.6 is 31.9 Å². The zero-order chi connectivity index (χ0) is 17.9. The number of carbonyl (C=O) groups is 1. The maximum atomic E-state index is 12.0. The Morgan fingerprint density at radius 2 is 1.71 bits per heavy atom. The van der Waals surface area contributed by atoms with Crippen LogP contribution in [0.15, 0.2) is 45.3 Å². The third-order valence-electron chi connectivity index (χ3n) is 3.50. The molecule has 0 aromatic heterocycles. The Labute approximate surface area is 159 Å². The Bertz CT molecular complexity index is 749. The van der Waals surface area contributed by atoms with Gasteiger partial charge in [-0.15, -0.1) is 0 Å². The predicted molar refractivity (Wildman–Crippen MR) is 103 cm³/mol. The normalized spacial score (nSPS) is 11.2. The molecule has 0 bridgehead atoms. The van der Waals surface area contributed by atoms with Gasteiger partial charge in [0.2, 0.25) is 0 Å². The summed E-state index contributed by atoms with van der Waals surface area (Å²) in [6.45, 7) is 8.23. The summed E-state index contributed by atoms with van der Waals surface area (Å²) in [6, 6.07) is 11.4. The van der Waals surface area contributed by atoms with E-state index >= 15 is 0 Å². The van der Waals surface area contributed by atoms with Crippen molar-refractivity contribution in [3.8, 4) is 11.5 Å². The van der Waals surface area contributed by atoms with E-state index in [1.807, 2.05) is 31.2 Å². The quantitative estimate of drug-likeness (QED) is 0.431. The third kappa shape index (κ3) is 5.08. The van der Waals surface area contributed by atoms with Crippen molar-refractivity contribution >= 4 is 37.8 Å². The fourth-order valence-corrected chi connectivity index (χ4v) is 3.27. The van der Waals surface area contributed by atoms with E-state index in [2.05, 4.69) is 58.7 Å². The van der Waals surface area contributed by atoms with Crippen LogP contribution in [0.5, 0.6) is 11.5 Å². The molecule has 0 unspecified atom stereocenters. The van der Waals surface area contributed by atoms with Crippen LogP contribution < -0.4 is 9.47 Å². The fraction of sp³-hybridized carbons (Fsp3) is 0.316. The number of hydrogen-bond donors (Lipinski definition) is 0. The molecule has 0 N–H and O–H groups in total. The summed E-state index contributed by atoms with van der Waals surface area (Å²) < 4.78 is 12.6. The van der Waals surface area contributed by atoms with E-state index in [0.717, 1.165) is 14.5 Å². The molecule has 0 atom stereocenters. The largest absolute Gasteiger partial charge is 0.481 e. The fourth-order valence-electron chi connectivity index (χ4n) is 2.11. The smallest absolute Gasteiger partial charge is 0.349 e. The number of benzene rings is 2. The number of rotatable bonds is 4. The molecule has 0 aliphatic carbocycles. The van der Waals surface area contributed by atoms with Crippen LogP contribution in [0.3, 0.4) is 0 Å². The predicted octanol–water partition coefficient (Wildman–Crippen LogP) is 5.80. The van der Waals surface area contributed by atoms with Gasteiger partial charge in [0.15, 0.2) is 6.61 Å². The second-order valence-corrected chi connectivity index (χ2v) is 8.34. The summed E-state index contributed by atoms with van der Waals surface area (Å²) in [5.41, 5.74) is 2.19. The van der Waals surface area contributed by atoms with Crippen molar-refractivity contribution in [2.75, 3.05) is 6.61 Å². The van der Waals surface area contributed by atoms with Gasteiger partial charge in [0, 0.05) is 4.47 Å². The van der Waals surface area contributed by atoms with Crippen molar-refractivity contribution in [2.24, 2.45) is 0 Å². The molecule has 0 saturated heterocycles. The molecular formula is C19H20Br2O3. The van der Waals surface area contributed by atoms with E-state index in [1.54, 1.807) is 6.07 Å². The highest BCUT2D eigenvalue weighted by Crippen LogP contribution is 2.29. The maximum Gasteiger partial charge on any atom is 0.349 e. The van der Waals surface area contributed by atoms with Crippen molar-refractivity contribution in [1.82, 2.24) is 0 Å². The van der Waals surface area contributed by atoms with Gasteiger partial charge in [0.1, 0.15) is 11.5 Å². The average molecular weight is 456 g/mol. The number of halogens is 2. The lowest BCUT2D eigenvalue weighted by Gasteiger charge is -2.20. The summed E-state index contributed by atoms with van der Waals surface area (Å²) in [5.74, 6) is 0.720. The van der Waals surface area contributed by atoms with Gasteiger partial charge in [-0.25, -0.2) is 4.79 Å². The average Bonchev–Trinajstić information content (AvgIpc) is 2.47. The molecule has 0 aliphatic heterocycles. The highest BCUT2D eigenvalue weighted by atomic mass is 79.9. The molecule has 0 heterocycles. The molecule has 2 aromatic rings. The van der Waals surface area contributed by atoms with Gasteiger partial charge < -0.3 is 9.47 Å². The summed E-state index contributed by atoms with van der Waals surface area (Å²) >= 11 is 6.77. The third-order valence-corrected chi connectivity index (χ3v) is 4.62.